The second kappa shape index (κ2) is 8.81. The largest absolute Gasteiger partial charge is 0.384 e. The van der Waals surface area contributed by atoms with E-state index in [2.05, 4.69) is 14.9 Å². The Labute approximate surface area is 188 Å². The number of aromatic amines is 1. The van der Waals surface area contributed by atoms with Crippen LogP contribution in [-0.4, -0.2) is 76.9 Å². The summed E-state index contributed by atoms with van der Waals surface area (Å²) in [6, 6.07) is 2.90. The molecule has 2 aliphatic rings. The fraction of sp³-hybridized carbons (Fsp3) is 0.474. The molecule has 1 aliphatic heterocycles. The lowest BCUT2D eigenvalue weighted by Crippen LogP contribution is -2.47. The van der Waals surface area contributed by atoms with Gasteiger partial charge >= 0.3 is 5.69 Å². The van der Waals surface area contributed by atoms with Crippen molar-refractivity contribution in [3.8, 4) is 0 Å². The molecule has 2 aromatic rings. The minimum atomic E-state index is -3.63. The van der Waals surface area contributed by atoms with Crippen LogP contribution in [0.1, 0.15) is 29.2 Å². The van der Waals surface area contributed by atoms with Gasteiger partial charge in [-0.15, -0.1) is 0 Å². The first-order chi connectivity index (χ1) is 15.2. The van der Waals surface area contributed by atoms with E-state index in [1.54, 1.807) is 0 Å². The predicted octanol–water partition coefficient (Wildman–Crippen LogP) is -0.240. The van der Waals surface area contributed by atoms with Gasteiger partial charge in [0.15, 0.2) is 5.78 Å². The maximum Gasteiger partial charge on any atom is 0.330 e. The number of H-pyrrole nitrogens is 1. The third-order valence-corrected chi connectivity index (χ3v) is 8.36. The lowest BCUT2D eigenvalue weighted by atomic mass is 10.2. The van der Waals surface area contributed by atoms with E-state index >= 15 is 0 Å². The lowest BCUT2D eigenvalue weighted by Gasteiger charge is -2.31. The van der Waals surface area contributed by atoms with Gasteiger partial charge in [-0.3, -0.25) is 19.1 Å². The van der Waals surface area contributed by atoms with Crippen molar-refractivity contribution in [1.82, 2.24) is 23.7 Å². The van der Waals surface area contributed by atoms with E-state index < -0.39 is 27.1 Å². The molecule has 3 N–H and O–H groups in total. The number of carbonyl (C=O) groups excluding carboxylic acids is 1. The molecule has 13 heteroatoms. The number of anilines is 1. The fourth-order valence-corrected chi connectivity index (χ4v) is 5.61. The molecule has 1 saturated carbocycles. The maximum absolute atomic E-state index is 12.8. The molecule has 1 aliphatic carbocycles. The zero-order valence-electron chi connectivity index (χ0n) is 17.5. The number of hydrogen-bond acceptors (Lipinski definition) is 9. The molecular weight excluding hydrogens is 456 g/mol. The zero-order valence-corrected chi connectivity index (χ0v) is 19.1. The zero-order chi connectivity index (χ0) is 23.0. The van der Waals surface area contributed by atoms with E-state index in [1.165, 1.54) is 27.2 Å². The van der Waals surface area contributed by atoms with Crippen LogP contribution in [0.4, 0.5) is 5.82 Å². The first-order valence-corrected chi connectivity index (χ1v) is 12.6. The van der Waals surface area contributed by atoms with Crippen molar-refractivity contribution in [2.45, 2.75) is 28.8 Å². The summed E-state index contributed by atoms with van der Waals surface area (Å²) in [5, 5.41) is 0.432. The van der Waals surface area contributed by atoms with Crippen LogP contribution in [0.15, 0.2) is 37.8 Å². The van der Waals surface area contributed by atoms with Gasteiger partial charge in [0.1, 0.15) is 16.3 Å². The number of nitrogens with one attached hydrogen (secondary N) is 1. The molecule has 11 nitrogen and oxygen atoms in total. The number of pyridine rings is 1. The van der Waals surface area contributed by atoms with E-state index in [0.29, 0.717) is 31.2 Å². The van der Waals surface area contributed by atoms with Gasteiger partial charge in [0.25, 0.3) is 5.56 Å². The quantitative estimate of drug-likeness (QED) is 0.404. The molecule has 0 amide bonds. The molecule has 3 heterocycles. The SMILES string of the molecule is CN1CCN(S(=O)(=O)c2ccc(SCC(=O)c3c(N)n(C4CC4)c(=O)[nH]c3=O)nc2)CC1. The van der Waals surface area contributed by atoms with Crippen molar-refractivity contribution >= 4 is 33.4 Å². The summed E-state index contributed by atoms with van der Waals surface area (Å²) in [7, 11) is -1.68. The average molecular weight is 481 g/mol. The van der Waals surface area contributed by atoms with Gasteiger partial charge < -0.3 is 10.6 Å². The molecule has 0 spiro atoms. The maximum atomic E-state index is 12.8. The molecule has 172 valence electrons. The molecule has 0 aromatic carbocycles. The third kappa shape index (κ3) is 4.51. The normalized spacial score (nSPS) is 18.0. The van der Waals surface area contributed by atoms with Gasteiger partial charge in [-0.2, -0.15) is 4.31 Å². The number of piperazine rings is 1. The van der Waals surface area contributed by atoms with Crippen LogP contribution in [0.25, 0.3) is 0 Å². The highest BCUT2D eigenvalue weighted by molar-refractivity contribution is 7.99. The number of thioether (sulfide) groups is 1. The van der Waals surface area contributed by atoms with E-state index in [9.17, 15) is 22.8 Å². The van der Waals surface area contributed by atoms with Crippen LogP contribution in [0.2, 0.25) is 0 Å². The number of ketones is 1. The van der Waals surface area contributed by atoms with Crippen molar-refractivity contribution < 1.29 is 13.2 Å². The van der Waals surface area contributed by atoms with Crippen LogP contribution in [0, 0.1) is 0 Å². The number of aromatic nitrogens is 3. The Morgan fingerprint density at radius 2 is 1.91 bits per heavy atom. The van der Waals surface area contributed by atoms with Crippen molar-refractivity contribution in [3.05, 3.63) is 44.7 Å². The summed E-state index contributed by atoms with van der Waals surface area (Å²) in [4.78, 5) is 45.3. The highest BCUT2D eigenvalue weighted by Crippen LogP contribution is 2.35. The standard InChI is InChI=1S/C19H24N6O5S2/c1-23-6-8-24(9-7-23)32(29,30)13-4-5-15(21-10-13)31-11-14(26)16-17(20)25(12-2-3-12)19(28)22-18(16)27/h4-5,10,12H,2-3,6-9,11,20H2,1H3,(H,22,27,28). The summed E-state index contributed by atoms with van der Waals surface area (Å²) in [5.41, 5.74) is 4.31. The van der Waals surface area contributed by atoms with Crippen molar-refractivity contribution in [1.29, 1.82) is 0 Å². The van der Waals surface area contributed by atoms with Crippen LogP contribution < -0.4 is 17.0 Å². The summed E-state index contributed by atoms with van der Waals surface area (Å²) in [6.45, 7) is 2.17. The number of carbonyl (C=O) groups is 1. The van der Waals surface area contributed by atoms with Crippen molar-refractivity contribution in [3.63, 3.8) is 0 Å². The van der Waals surface area contributed by atoms with Gasteiger partial charge in [-0.1, -0.05) is 11.8 Å². The first kappa shape index (κ1) is 22.7. The second-order valence-electron chi connectivity index (χ2n) is 7.87. The van der Waals surface area contributed by atoms with Gasteiger partial charge in [0.2, 0.25) is 10.0 Å². The van der Waals surface area contributed by atoms with Crippen LogP contribution in [0.5, 0.6) is 0 Å². The number of nitrogens with two attached hydrogens (primary N) is 1. The number of hydrogen-bond donors (Lipinski definition) is 2. The number of rotatable bonds is 7. The lowest BCUT2D eigenvalue weighted by molar-refractivity contribution is 0.102. The highest BCUT2D eigenvalue weighted by Gasteiger charge is 2.30. The third-order valence-electron chi connectivity index (χ3n) is 5.53. The number of Topliss-reactive ketones (excluding diaryl/α,β-unsaturated/α-hetero) is 1. The molecule has 0 radical (unpaired) electrons. The Balaban J connectivity index is 1.45. The summed E-state index contributed by atoms with van der Waals surface area (Å²) >= 11 is 1.06. The van der Waals surface area contributed by atoms with Gasteiger partial charge in [-0.05, 0) is 32.0 Å². The number of nitrogen functional groups attached to an aromatic ring is 1. The first-order valence-electron chi connectivity index (χ1n) is 10.1. The van der Waals surface area contributed by atoms with Crippen LogP contribution >= 0.6 is 11.8 Å². The van der Waals surface area contributed by atoms with Gasteiger partial charge in [0.05, 0.1) is 10.8 Å². The van der Waals surface area contributed by atoms with Crippen molar-refractivity contribution in [2.24, 2.45) is 0 Å². The number of nitrogens with zero attached hydrogens (tertiary/aromatic N) is 4. The van der Waals surface area contributed by atoms with E-state index in [-0.39, 0.29) is 28.1 Å². The van der Waals surface area contributed by atoms with Crippen LogP contribution in [-0.2, 0) is 10.0 Å². The molecule has 32 heavy (non-hydrogen) atoms. The molecule has 0 bridgehead atoms. The monoisotopic (exact) mass is 480 g/mol. The summed E-state index contributed by atoms with van der Waals surface area (Å²) in [6.07, 6.45) is 2.81. The minimum Gasteiger partial charge on any atom is -0.384 e. The van der Waals surface area contributed by atoms with Gasteiger partial charge in [0, 0.05) is 38.4 Å². The van der Waals surface area contributed by atoms with Crippen LogP contribution in [0.3, 0.4) is 0 Å². The Morgan fingerprint density at radius 1 is 1.22 bits per heavy atom. The molecule has 0 unspecified atom stereocenters. The molecular formula is C19H24N6O5S2. The van der Waals surface area contributed by atoms with Crippen molar-refractivity contribution in [2.75, 3.05) is 44.7 Å². The van der Waals surface area contributed by atoms with E-state index in [0.717, 1.165) is 24.6 Å². The van der Waals surface area contributed by atoms with E-state index in [1.807, 2.05) is 7.05 Å². The Morgan fingerprint density at radius 3 is 2.50 bits per heavy atom. The molecule has 2 fully saturated rings. The Bertz CT molecular complexity index is 1240. The smallest absolute Gasteiger partial charge is 0.330 e. The summed E-state index contributed by atoms with van der Waals surface area (Å²) < 4.78 is 28.2. The fourth-order valence-electron chi connectivity index (χ4n) is 3.52. The molecule has 2 aromatic heterocycles. The number of sulfonamides is 1. The second-order valence-corrected chi connectivity index (χ2v) is 10.8. The molecule has 4 rings (SSSR count). The van der Waals surface area contributed by atoms with Gasteiger partial charge in [-0.25, -0.2) is 18.2 Å². The number of likely N-dealkylation sites (N-methyl/N-ethyl adjacent to an activating group) is 1. The molecule has 0 atom stereocenters. The highest BCUT2D eigenvalue weighted by atomic mass is 32.2. The summed E-state index contributed by atoms with van der Waals surface area (Å²) in [5.74, 6) is -0.777. The average Bonchev–Trinajstić information content (AvgIpc) is 3.57. The topological polar surface area (TPSA) is 151 Å². The van der Waals surface area contributed by atoms with E-state index in [4.69, 9.17) is 5.73 Å². The molecule has 1 saturated heterocycles. The predicted molar refractivity (Wildman–Crippen MR) is 120 cm³/mol. The minimum absolute atomic E-state index is 0.0879. The Kier molecular flexibility index (Phi) is 6.25. The Hall–Kier alpha value is -2.48.